The van der Waals surface area contributed by atoms with Crippen LogP contribution in [-0.4, -0.2) is 59.4 Å². The molecule has 146 valence electrons. The van der Waals surface area contributed by atoms with E-state index in [4.69, 9.17) is 16.7 Å². The minimum Gasteiger partial charge on any atom is -0.395 e. The summed E-state index contributed by atoms with van der Waals surface area (Å²) in [5, 5.41) is 13.9. The second-order valence-corrected chi connectivity index (χ2v) is 7.24. The summed E-state index contributed by atoms with van der Waals surface area (Å²) in [5.41, 5.74) is 3.01. The van der Waals surface area contributed by atoms with E-state index in [1.165, 1.54) is 5.69 Å². The van der Waals surface area contributed by atoms with Crippen molar-refractivity contribution in [1.29, 1.82) is 0 Å². The quantitative estimate of drug-likeness (QED) is 0.684. The molecule has 0 bridgehead atoms. The molecule has 2 N–H and O–H groups in total. The Balaban J connectivity index is 1.50. The third-order valence-electron chi connectivity index (χ3n) is 4.86. The first kappa shape index (κ1) is 18.7. The second-order valence-electron chi connectivity index (χ2n) is 6.81. The van der Waals surface area contributed by atoms with Gasteiger partial charge in [0.05, 0.1) is 12.1 Å². The first-order valence-corrected chi connectivity index (χ1v) is 9.76. The van der Waals surface area contributed by atoms with Gasteiger partial charge in [0.15, 0.2) is 0 Å². The molecule has 2 aromatic heterocycles. The molecule has 3 heterocycles. The summed E-state index contributed by atoms with van der Waals surface area (Å²) in [6, 6.07) is 9.93. The number of aryl methyl sites for hydroxylation is 1. The average Bonchev–Trinajstić information content (AvgIpc) is 2.71. The number of hydrogen-bond donors (Lipinski definition) is 2. The highest BCUT2D eigenvalue weighted by molar-refractivity contribution is 6.31. The number of aliphatic hydroxyl groups excluding tert-OH is 1. The van der Waals surface area contributed by atoms with Crippen molar-refractivity contribution in [3.8, 4) is 0 Å². The van der Waals surface area contributed by atoms with Gasteiger partial charge in [-0.2, -0.15) is 4.98 Å². The molecule has 0 spiro atoms. The zero-order valence-electron chi connectivity index (χ0n) is 15.8. The maximum Gasteiger partial charge on any atom is 0.224 e. The van der Waals surface area contributed by atoms with Gasteiger partial charge in [-0.1, -0.05) is 11.6 Å². The van der Waals surface area contributed by atoms with Gasteiger partial charge in [-0.25, -0.2) is 4.98 Å². The van der Waals surface area contributed by atoms with Crippen LogP contribution in [0.2, 0.25) is 5.02 Å². The van der Waals surface area contributed by atoms with Crippen LogP contribution in [0.3, 0.4) is 0 Å². The van der Waals surface area contributed by atoms with Crippen LogP contribution >= 0.6 is 11.6 Å². The van der Waals surface area contributed by atoms with Gasteiger partial charge >= 0.3 is 0 Å². The van der Waals surface area contributed by atoms with Gasteiger partial charge in [0.25, 0.3) is 0 Å². The summed E-state index contributed by atoms with van der Waals surface area (Å²) in [7, 11) is 0. The van der Waals surface area contributed by atoms with Gasteiger partial charge in [-0.15, -0.1) is 0 Å². The van der Waals surface area contributed by atoms with Crippen LogP contribution in [0.1, 0.15) is 5.69 Å². The molecule has 28 heavy (non-hydrogen) atoms. The Morgan fingerprint density at radius 2 is 1.86 bits per heavy atom. The van der Waals surface area contributed by atoms with Crippen LogP contribution in [-0.2, 0) is 0 Å². The highest BCUT2D eigenvalue weighted by Gasteiger charge is 2.20. The van der Waals surface area contributed by atoms with E-state index in [0.717, 1.165) is 48.6 Å². The van der Waals surface area contributed by atoms with Gasteiger partial charge in [0.1, 0.15) is 5.82 Å². The summed E-state index contributed by atoms with van der Waals surface area (Å²) in [6.45, 7) is 5.97. The molecule has 7 nitrogen and oxygen atoms in total. The van der Waals surface area contributed by atoms with Crippen molar-refractivity contribution in [1.82, 2.24) is 15.0 Å². The zero-order chi connectivity index (χ0) is 19.5. The number of rotatable bonds is 5. The van der Waals surface area contributed by atoms with E-state index < -0.39 is 0 Å². The normalized spacial score (nSPS) is 14.5. The summed E-state index contributed by atoms with van der Waals surface area (Å²) >= 11 is 6.11. The number of pyridine rings is 1. The van der Waals surface area contributed by atoms with Gasteiger partial charge in [0.2, 0.25) is 5.95 Å². The molecule has 0 unspecified atom stereocenters. The van der Waals surface area contributed by atoms with Gasteiger partial charge in [-0.3, -0.25) is 4.98 Å². The Kier molecular flexibility index (Phi) is 5.45. The second kappa shape index (κ2) is 8.16. The molecule has 3 aromatic rings. The number of aromatic nitrogens is 3. The van der Waals surface area contributed by atoms with Crippen molar-refractivity contribution in [3.63, 3.8) is 0 Å². The van der Waals surface area contributed by atoms with Crippen LogP contribution in [0.15, 0.2) is 36.5 Å². The lowest BCUT2D eigenvalue weighted by Crippen LogP contribution is -2.47. The fraction of sp³-hybridized carbons (Fsp3) is 0.350. The number of hydrogen-bond acceptors (Lipinski definition) is 7. The summed E-state index contributed by atoms with van der Waals surface area (Å²) in [6.07, 6.45) is 1.84. The third-order valence-corrected chi connectivity index (χ3v) is 5.10. The van der Waals surface area contributed by atoms with Crippen LogP contribution in [0.5, 0.6) is 0 Å². The average molecular weight is 399 g/mol. The molecule has 1 aliphatic heterocycles. The molecular formula is C20H23ClN6O. The lowest BCUT2D eigenvalue weighted by Gasteiger charge is -2.37. The lowest BCUT2D eigenvalue weighted by molar-refractivity contribution is 0.311. The molecule has 1 saturated heterocycles. The van der Waals surface area contributed by atoms with Gasteiger partial charge in [0, 0.05) is 66.8 Å². The highest BCUT2D eigenvalue weighted by Crippen LogP contribution is 2.29. The number of benzene rings is 1. The summed E-state index contributed by atoms with van der Waals surface area (Å²) < 4.78 is 0. The van der Waals surface area contributed by atoms with E-state index in [1.54, 1.807) is 0 Å². The number of nitrogens with one attached hydrogen (secondary N) is 1. The summed E-state index contributed by atoms with van der Waals surface area (Å²) in [4.78, 5) is 18.1. The molecule has 1 fully saturated rings. The van der Waals surface area contributed by atoms with Crippen molar-refractivity contribution in [3.05, 3.63) is 47.2 Å². The Labute approximate surface area is 169 Å². The largest absolute Gasteiger partial charge is 0.395 e. The van der Waals surface area contributed by atoms with Crippen molar-refractivity contribution in [2.45, 2.75) is 6.92 Å². The molecule has 0 amide bonds. The minimum atomic E-state index is 0.0520. The number of piperazine rings is 1. The van der Waals surface area contributed by atoms with Crippen LogP contribution in [0.4, 0.5) is 17.5 Å². The molecule has 1 aromatic carbocycles. The maximum absolute atomic E-state index is 9.00. The molecule has 0 saturated carbocycles. The standard InChI is InChI=1S/C20H23ClN6O/c1-14-12-19(25-20(24-14)23-6-11-28)27-9-7-26(8-10-27)18-4-5-22-17-13-15(21)2-3-16(17)18/h2-5,12-13,28H,6-11H2,1H3,(H,23,24,25). The van der Waals surface area contributed by atoms with Crippen molar-refractivity contribution >= 4 is 40.0 Å². The number of fused-ring (bicyclic) bond motifs is 1. The van der Waals surface area contributed by atoms with E-state index in [-0.39, 0.29) is 6.61 Å². The maximum atomic E-state index is 9.00. The van der Waals surface area contributed by atoms with Crippen molar-refractivity contribution in [2.24, 2.45) is 0 Å². The van der Waals surface area contributed by atoms with Crippen LogP contribution in [0.25, 0.3) is 10.9 Å². The Bertz CT molecular complexity index is 974. The number of aliphatic hydroxyl groups is 1. The summed E-state index contributed by atoms with van der Waals surface area (Å²) in [5.74, 6) is 1.47. The molecule has 8 heteroatoms. The van der Waals surface area contributed by atoms with E-state index in [0.29, 0.717) is 17.5 Å². The molecule has 1 aliphatic rings. The Hall–Kier alpha value is -2.64. The molecule has 0 aliphatic carbocycles. The number of halogens is 1. The van der Waals surface area contributed by atoms with Crippen molar-refractivity contribution in [2.75, 3.05) is 54.4 Å². The Morgan fingerprint density at radius 1 is 1.07 bits per heavy atom. The monoisotopic (exact) mass is 398 g/mol. The topological polar surface area (TPSA) is 77.4 Å². The van der Waals surface area contributed by atoms with Gasteiger partial charge < -0.3 is 20.2 Å². The molecule has 0 atom stereocenters. The van der Waals surface area contributed by atoms with E-state index in [2.05, 4.69) is 36.1 Å². The van der Waals surface area contributed by atoms with Gasteiger partial charge in [-0.05, 0) is 31.2 Å². The minimum absolute atomic E-state index is 0.0520. The lowest BCUT2D eigenvalue weighted by atomic mass is 10.1. The molecule has 0 radical (unpaired) electrons. The number of anilines is 3. The Morgan fingerprint density at radius 3 is 2.64 bits per heavy atom. The smallest absolute Gasteiger partial charge is 0.224 e. The van der Waals surface area contributed by atoms with E-state index in [1.807, 2.05) is 37.4 Å². The first-order valence-electron chi connectivity index (χ1n) is 9.38. The molecule has 4 rings (SSSR count). The molecular weight excluding hydrogens is 376 g/mol. The SMILES string of the molecule is Cc1cc(N2CCN(c3ccnc4cc(Cl)ccc34)CC2)nc(NCCO)n1. The van der Waals surface area contributed by atoms with E-state index >= 15 is 0 Å². The van der Waals surface area contributed by atoms with Crippen molar-refractivity contribution < 1.29 is 5.11 Å². The fourth-order valence-electron chi connectivity index (χ4n) is 3.52. The fourth-order valence-corrected chi connectivity index (χ4v) is 3.69. The van der Waals surface area contributed by atoms with Crippen LogP contribution in [0, 0.1) is 6.92 Å². The number of nitrogens with zero attached hydrogens (tertiary/aromatic N) is 5. The van der Waals surface area contributed by atoms with Crippen LogP contribution < -0.4 is 15.1 Å². The highest BCUT2D eigenvalue weighted by atomic mass is 35.5. The first-order chi connectivity index (χ1) is 13.6. The predicted molar refractivity (Wildman–Crippen MR) is 114 cm³/mol. The van der Waals surface area contributed by atoms with E-state index in [9.17, 15) is 0 Å². The predicted octanol–water partition coefficient (Wildman–Crippen LogP) is 2.72. The third kappa shape index (κ3) is 3.95. The zero-order valence-corrected chi connectivity index (χ0v) is 16.5.